The van der Waals surface area contributed by atoms with Crippen LogP contribution in [0.2, 0.25) is 0 Å². The quantitative estimate of drug-likeness (QED) is 0.648. The van der Waals surface area contributed by atoms with Crippen molar-refractivity contribution in [2.24, 2.45) is 0 Å². The zero-order valence-corrected chi connectivity index (χ0v) is 7.92. The summed E-state index contributed by atoms with van der Waals surface area (Å²) in [5.74, 6) is 0.0729. The second kappa shape index (κ2) is 3.70. The van der Waals surface area contributed by atoms with Crippen molar-refractivity contribution in [3.8, 4) is 5.88 Å². The molecule has 0 saturated heterocycles. The van der Waals surface area contributed by atoms with Crippen LogP contribution in [0.5, 0.6) is 5.88 Å². The van der Waals surface area contributed by atoms with Gasteiger partial charge in [0.1, 0.15) is 0 Å². The molecule has 58 valence electrons. The Labute approximate surface area is 85.1 Å². The molecule has 1 N–H and O–H groups in total. The van der Waals surface area contributed by atoms with Crippen molar-refractivity contribution in [3.05, 3.63) is 36.4 Å². The van der Waals surface area contributed by atoms with Gasteiger partial charge in [-0.05, 0) is 12.1 Å². The molecule has 0 spiro atoms. The first kappa shape index (κ1) is 9.23. The van der Waals surface area contributed by atoms with Gasteiger partial charge in [0, 0.05) is 33.2 Å². The normalized spacial score (nSPS) is 9.33. The van der Waals surface area contributed by atoms with Gasteiger partial charge in [0.2, 0.25) is 5.88 Å². The molecule has 0 aliphatic heterocycles. The number of fused-ring (bicyclic) bond motifs is 1. The van der Waals surface area contributed by atoms with Gasteiger partial charge in [-0.3, -0.25) is 0 Å². The van der Waals surface area contributed by atoms with Gasteiger partial charge in [0.25, 0.3) is 0 Å². The molecular weight excluding hydrogens is 186 g/mol. The Bertz CT molecular complexity index is 389. The van der Waals surface area contributed by atoms with Crippen LogP contribution in [0, 0.1) is 0 Å². The molecule has 0 aliphatic carbocycles. The van der Waals surface area contributed by atoms with Crippen molar-refractivity contribution in [2.45, 2.75) is 0 Å². The molecule has 2 rings (SSSR count). The van der Waals surface area contributed by atoms with Gasteiger partial charge >= 0.3 is 0 Å². The predicted molar refractivity (Wildman–Crippen MR) is 43.4 cm³/mol. The van der Waals surface area contributed by atoms with Crippen molar-refractivity contribution in [1.82, 2.24) is 4.98 Å². The van der Waals surface area contributed by atoms with E-state index in [0.29, 0.717) is 0 Å². The molecule has 12 heavy (non-hydrogen) atoms. The number of nitrogens with zero attached hydrogens (tertiary/aromatic N) is 1. The molecule has 1 heterocycles. The van der Waals surface area contributed by atoms with Crippen LogP contribution in [0.25, 0.3) is 10.9 Å². The Hall–Kier alpha value is -0.856. The smallest absolute Gasteiger partial charge is 0.211 e. The molecule has 1 aromatic heterocycles. The summed E-state index contributed by atoms with van der Waals surface area (Å²) >= 11 is 0. The number of aromatic nitrogens is 1. The minimum atomic E-state index is 0. The maximum absolute atomic E-state index is 9.02. The second-order valence-electron chi connectivity index (χ2n) is 2.36. The zero-order valence-electron chi connectivity index (χ0n) is 6.36. The van der Waals surface area contributed by atoms with Gasteiger partial charge < -0.3 is 5.11 Å². The van der Waals surface area contributed by atoms with Crippen LogP contribution in [0.4, 0.5) is 0 Å². The summed E-state index contributed by atoms with van der Waals surface area (Å²) in [4.78, 5) is 3.93. The third-order valence-electron chi connectivity index (χ3n) is 1.58. The number of pyridine rings is 1. The molecular formula is C9H7NOTi. The van der Waals surface area contributed by atoms with Gasteiger partial charge in [-0.15, -0.1) is 0 Å². The minimum absolute atomic E-state index is 0. The number of para-hydroxylation sites is 1. The molecule has 0 aliphatic rings. The second-order valence-corrected chi connectivity index (χ2v) is 2.36. The summed E-state index contributed by atoms with van der Waals surface area (Å²) in [5, 5.41) is 10.1. The third kappa shape index (κ3) is 1.65. The molecule has 2 aromatic rings. The standard InChI is InChI=1S/C9H7NO.Ti/c11-9-6-5-7-3-1-2-4-8(7)10-9;/h1-6H,(H,10,11);. The number of aromatic hydroxyl groups is 1. The van der Waals surface area contributed by atoms with Crippen LogP contribution in [-0.4, -0.2) is 10.1 Å². The SMILES string of the molecule is Oc1ccc2ccccc2n1.[Ti]. The Morgan fingerprint density at radius 2 is 1.75 bits per heavy atom. The first-order chi connectivity index (χ1) is 5.36. The van der Waals surface area contributed by atoms with Gasteiger partial charge in [0.05, 0.1) is 5.52 Å². The van der Waals surface area contributed by atoms with E-state index in [2.05, 4.69) is 4.98 Å². The average molecular weight is 193 g/mol. The number of hydrogen-bond acceptors (Lipinski definition) is 2. The zero-order chi connectivity index (χ0) is 7.68. The van der Waals surface area contributed by atoms with E-state index in [1.54, 1.807) is 6.07 Å². The van der Waals surface area contributed by atoms with Gasteiger partial charge in [-0.1, -0.05) is 18.2 Å². The summed E-state index contributed by atoms with van der Waals surface area (Å²) in [7, 11) is 0. The Kier molecular flexibility index (Phi) is 2.85. The summed E-state index contributed by atoms with van der Waals surface area (Å²) in [6, 6.07) is 11.1. The van der Waals surface area contributed by atoms with Crippen LogP contribution in [0.3, 0.4) is 0 Å². The van der Waals surface area contributed by atoms with E-state index >= 15 is 0 Å². The fourth-order valence-corrected chi connectivity index (χ4v) is 1.06. The molecule has 3 heteroatoms. The van der Waals surface area contributed by atoms with Crippen LogP contribution >= 0.6 is 0 Å². The van der Waals surface area contributed by atoms with E-state index < -0.39 is 0 Å². The van der Waals surface area contributed by atoms with Crippen molar-refractivity contribution in [3.63, 3.8) is 0 Å². The monoisotopic (exact) mass is 193 g/mol. The van der Waals surface area contributed by atoms with E-state index in [4.69, 9.17) is 5.11 Å². The molecule has 0 unspecified atom stereocenters. The molecule has 0 bridgehead atoms. The third-order valence-corrected chi connectivity index (χ3v) is 1.58. The van der Waals surface area contributed by atoms with E-state index in [1.165, 1.54) is 0 Å². The summed E-state index contributed by atoms with van der Waals surface area (Å²) in [6.45, 7) is 0. The Morgan fingerprint density at radius 3 is 2.58 bits per heavy atom. The minimum Gasteiger partial charge on any atom is -0.493 e. The molecule has 2 nitrogen and oxygen atoms in total. The first-order valence-corrected chi connectivity index (χ1v) is 3.41. The van der Waals surface area contributed by atoms with Crippen LogP contribution in [-0.2, 0) is 21.7 Å². The molecule has 1 aromatic carbocycles. The van der Waals surface area contributed by atoms with E-state index in [9.17, 15) is 0 Å². The summed E-state index contributed by atoms with van der Waals surface area (Å²) in [6.07, 6.45) is 0. The van der Waals surface area contributed by atoms with Crippen molar-refractivity contribution < 1.29 is 26.8 Å². The number of rotatable bonds is 0. The fourth-order valence-electron chi connectivity index (χ4n) is 1.06. The van der Waals surface area contributed by atoms with Gasteiger partial charge in [-0.2, -0.15) is 0 Å². The molecule has 0 atom stereocenters. The Morgan fingerprint density at radius 1 is 1.00 bits per heavy atom. The number of hydrogen-bond donors (Lipinski definition) is 1. The predicted octanol–water partition coefficient (Wildman–Crippen LogP) is 1.94. The fraction of sp³-hybridized carbons (Fsp3) is 0. The van der Waals surface area contributed by atoms with Gasteiger partial charge in [0.15, 0.2) is 0 Å². The first-order valence-electron chi connectivity index (χ1n) is 3.41. The summed E-state index contributed by atoms with van der Waals surface area (Å²) in [5.41, 5.74) is 0.826. The van der Waals surface area contributed by atoms with Crippen molar-refractivity contribution in [1.29, 1.82) is 0 Å². The Balaban J connectivity index is 0.000000720. The van der Waals surface area contributed by atoms with Crippen LogP contribution < -0.4 is 0 Å². The molecule has 0 fully saturated rings. The van der Waals surface area contributed by atoms with Gasteiger partial charge in [-0.25, -0.2) is 4.98 Å². The summed E-state index contributed by atoms with van der Waals surface area (Å²) < 4.78 is 0. The van der Waals surface area contributed by atoms with Crippen molar-refractivity contribution >= 4 is 10.9 Å². The molecule has 0 amide bonds. The van der Waals surface area contributed by atoms with Crippen molar-refractivity contribution in [2.75, 3.05) is 0 Å². The largest absolute Gasteiger partial charge is 0.493 e. The molecule has 0 radical (unpaired) electrons. The van der Waals surface area contributed by atoms with E-state index in [0.717, 1.165) is 10.9 Å². The van der Waals surface area contributed by atoms with E-state index in [1.807, 2.05) is 30.3 Å². The van der Waals surface area contributed by atoms with Crippen LogP contribution in [0.15, 0.2) is 36.4 Å². The molecule has 0 saturated carbocycles. The average Bonchev–Trinajstić information content (AvgIpc) is 2.04. The maximum atomic E-state index is 9.02. The number of benzene rings is 1. The topological polar surface area (TPSA) is 33.1 Å². The van der Waals surface area contributed by atoms with Crippen LogP contribution in [0.1, 0.15) is 0 Å². The van der Waals surface area contributed by atoms with E-state index in [-0.39, 0.29) is 27.6 Å². The maximum Gasteiger partial charge on any atom is 0.211 e.